The quantitative estimate of drug-likeness (QED) is 0.0637. The number of nitrogens with one attached hydrogen (secondary N) is 1. The topological polar surface area (TPSA) is 149 Å². The number of carbonyl (C=O) groups is 1. The van der Waals surface area contributed by atoms with Crippen LogP contribution in [0.25, 0.3) is 16.8 Å². The lowest BCUT2D eigenvalue weighted by molar-refractivity contribution is -0.384. The van der Waals surface area contributed by atoms with Crippen molar-refractivity contribution in [3.8, 4) is 17.6 Å². The van der Waals surface area contributed by atoms with E-state index in [9.17, 15) is 28.6 Å². The minimum atomic E-state index is -4.36. The number of hydrogen-bond acceptors (Lipinski definition) is 8. The molecule has 10 nitrogen and oxygen atoms in total. The Hall–Kier alpha value is -4.48. The van der Waals surface area contributed by atoms with Crippen molar-refractivity contribution in [1.29, 1.82) is 5.26 Å². The van der Waals surface area contributed by atoms with Gasteiger partial charge in [0.1, 0.15) is 16.5 Å². The summed E-state index contributed by atoms with van der Waals surface area (Å²) in [5.41, 5.74) is 0.482. The van der Waals surface area contributed by atoms with Crippen LogP contribution in [-0.2, 0) is 14.9 Å². The first-order valence-electron chi connectivity index (χ1n) is 11.1. The summed E-state index contributed by atoms with van der Waals surface area (Å²) in [6.07, 6.45) is 1.35. The van der Waals surface area contributed by atoms with Gasteiger partial charge in [0.2, 0.25) is 0 Å². The monoisotopic (exact) mass is 655 g/mol. The molecule has 4 aromatic rings. The zero-order chi connectivity index (χ0) is 28.2. The highest BCUT2D eigenvalue weighted by molar-refractivity contribution is 14.1. The number of carbonyl (C=O) groups excluding carboxylic acids is 1. The lowest BCUT2D eigenvalue weighted by Crippen LogP contribution is -2.14. The Balaban J connectivity index is 1.62. The number of nitro benzene ring substituents is 1. The maximum atomic E-state index is 12.9. The molecule has 0 radical (unpaired) electrons. The molecule has 4 aromatic carbocycles. The maximum Gasteiger partial charge on any atom is 0.339 e. The number of non-ortho nitro benzene ring substituents is 1. The molecule has 12 heteroatoms. The third-order valence-electron chi connectivity index (χ3n) is 5.49. The number of nitriles is 1. The van der Waals surface area contributed by atoms with Crippen LogP contribution in [0.2, 0.25) is 0 Å². The van der Waals surface area contributed by atoms with Crippen LogP contribution in [0, 0.1) is 25.0 Å². The first kappa shape index (κ1) is 27.6. The first-order chi connectivity index (χ1) is 18.6. The van der Waals surface area contributed by atoms with E-state index in [0.717, 1.165) is 35.0 Å². The Morgan fingerprint density at radius 3 is 2.44 bits per heavy atom. The molecule has 0 unspecified atom stereocenters. The van der Waals surface area contributed by atoms with Crippen LogP contribution in [-0.4, -0.2) is 26.4 Å². The average Bonchev–Trinajstić information content (AvgIpc) is 2.93. The number of ether oxygens (including phenoxy) is 1. The first-order valence-corrected chi connectivity index (χ1v) is 13.6. The van der Waals surface area contributed by atoms with Crippen molar-refractivity contribution < 1.29 is 27.1 Å². The minimum Gasteiger partial charge on any atom is -0.493 e. The molecular formula is C27H18IN3O7S. The number of nitro groups is 1. The molecule has 0 aliphatic carbocycles. The van der Waals surface area contributed by atoms with Crippen LogP contribution >= 0.6 is 22.6 Å². The predicted molar refractivity (Wildman–Crippen MR) is 153 cm³/mol. The van der Waals surface area contributed by atoms with Gasteiger partial charge in [-0.1, -0.05) is 36.4 Å². The molecule has 0 heterocycles. The second-order valence-electron chi connectivity index (χ2n) is 7.97. The van der Waals surface area contributed by atoms with E-state index in [-0.39, 0.29) is 27.7 Å². The Labute approximate surface area is 236 Å². The predicted octanol–water partition coefficient (Wildman–Crippen LogP) is 5.67. The number of hydrogen-bond donors (Lipinski definition) is 1. The Kier molecular flexibility index (Phi) is 8.12. The Morgan fingerprint density at radius 1 is 1.08 bits per heavy atom. The fraction of sp³-hybridized carbons (Fsp3) is 0.0370. The van der Waals surface area contributed by atoms with Crippen molar-refractivity contribution in [3.05, 3.63) is 104 Å². The number of nitrogens with zero attached hydrogens (tertiary/aromatic N) is 2. The molecular weight excluding hydrogens is 637 g/mol. The van der Waals surface area contributed by atoms with Gasteiger partial charge in [-0.05, 0) is 69.9 Å². The zero-order valence-corrected chi connectivity index (χ0v) is 23.1. The zero-order valence-electron chi connectivity index (χ0n) is 20.1. The Morgan fingerprint density at radius 2 is 1.77 bits per heavy atom. The number of benzene rings is 4. The molecule has 4 rings (SSSR count). The van der Waals surface area contributed by atoms with Gasteiger partial charge in [-0.2, -0.15) is 13.7 Å². The van der Waals surface area contributed by atoms with Gasteiger partial charge in [-0.25, -0.2) is 0 Å². The van der Waals surface area contributed by atoms with Gasteiger partial charge in [0.05, 0.1) is 15.6 Å². The van der Waals surface area contributed by atoms with E-state index in [4.69, 9.17) is 8.92 Å². The van der Waals surface area contributed by atoms with Gasteiger partial charge < -0.3 is 14.2 Å². The van der Waals surface area contributed by atoms with Crippen LogP contribution in [0.3, 0.4) is 0 Å². The summed E-state index contributed by atoms with van der Waals surface area (Å²) >= 11 is 1.84. The summed E-state index contributed by atoms with van der Waals surface area (Å²) in [4.78, 5) is 22.9. The molecule has 0 fully saturated rings. The number of halogens is 1. The highest BCUT2D eigenvalue weighted by atomic mass is 127. The van der Waals surface area contributed by atoms with E-state index in [1.165, 1.54) is 25.3 Å². The van der Waals surface area contributed by atoms with Gasteiger partial charge in [-0.15, -0.1) is 0 Å². The second kappa shape index (κ2) is 11.5. The third-order valence-corrected chi connectivity index (χ3v) is 7.53. The van der Waals surface area contributed by atoms with Crippen molar-refractivity contribution in [2.24, 2.45) is 0 Å². The summed E-state index contributed by atoms with van der Waals surface area (Å²) in [5.74, 6) is -0.707. The average molecular weight is 655 g/mol. The van der Waals surface area contributed by atoms with Gasteiger partial charge in [0.25, 0.3) is 11.6 Å². The normalized spacial score (nSPS) is 11.5. The molecule has 0 atom stereocenters. The molecule has 0 bridgehead atoms. The van der Waals surface area contributed by atoms with Crippen LogP contribution in [0.4, 0.5) is 11.4 Å². The third kappa shape index (κ3) is 6.16. The van der Waals surface area contributed by atoms with E-state index in [1.807, 2.05) is 59.0 Å². The molecule has 196 valence electrons. The number of rotatable bonds is 8. The number of methoxy groups -OCH3 is 1. The summed E-state index contributed by atoms with van der Waals surface area (Å²) in [7, 11) is -3.05. The van der Waals surface area contributed by atoms with E-state index < -0.39 is 20.9 Å². The molecule has 0 saturated heterocycles. The number of fused-ring (bicyclic) bond motifs is 1. The fourth-order valence-electron chi connectivity index (χ4n) is 3.64. The highest BCUT2D eigenvalue weighted by Crippen LogP contribution is 2.37. The fourth-order valence-corrected chi connectivity index (χ4v) is 5.48. The molecule has 39 heavy (non-hydrogen) atoms. The highest BCUT2D eigenvalue weighted by Gasteiger charge is 2.23. The van der Waals surface area contributed by atoms with Crippen LogP contribution in [0.1, 0.15) is 5.56 Å². The molecule has 0 aliphatic heterocycles. The van der Waals surface area contributed by atoms with Crippen molar-refractivity contribution in [2.45, 2.75) is 4.90 Å². The Bertz CT molecular complexity index is 1770. The van der Waals surface area contributed by atoms with Crippen molar-refractivity contribution in [2.75, 3.05) is 12.4 Å². The molecule has 1 amide bonds. The lowest BCUT2D eigenvalue weighted by Gasteiger charge is -2.14. The molecule has 1 N–H and O–H groups in total. The van der Waals surface area contributed by atoms with Gasteiger partial charge >= 0.3 is 10.1 Å². The van der Waals surface area contributed by atoms with E-state index in [1.54, 1.807) is 12.1 Å². The van der Waals surface area contributed by atoms with E-state index in [2.05, 4.69) is 5.32 Å². The van der Waals surface area contributed by atoms with Crippen molar-refractivity contribution >= 4 is 66.8 Å². The van der Waals surface area contributed by atoms with E-state index in [0.29, 0.717) is 14.8 Å². The summed E-state index contributed by atoms with van der Waals surface area (Å²) in [6.45, 7) is 0. The standard InChI is InChI=1S/C27H18IN3O7S/c1-37-25-15-17(13-19(16-29)27(32)30-24-8-4-6-18-5-2-3-7-22(18)24)14-23(28)26(25)38-39(35,36)21-11-9-20(10-12-21)31(33)34/h2-15H,1H3,(H,30,32)/b19-13+. The smallest absolute Gasteiger partial charge is 0.339 e. The maximum absolute atomic E-state index is 12.9. The van der Waals surface area contributed by atoms with Crippen molar-refractivity contribution in [3.63, 3.8) is 0 Å². The van der Waals surface area contributed by atoms with Crippen LogP contribution < -0.4 is 14.2 Å². The van der Waals surface area contributed by atoms with Crippen molar-refractivity contribution in [1.82, 2.24) is 0 Å². The van der Waals surface area contributed by atoms with Crippen LogP contribution in [0.15, 0.2) is 89.3 Å². The largest absolute Gasteiger partial charge is 0.493 e. The minimum absolute atomic E-state index is 0.0328. The van der Waals surface area contributed by atoms with Gasteiger partial charge in [0, 0.05) is 23.2 Å². The van der Waals surface area contributed by atoms with Crippen LogP contribution in [0.5, 0.6) is 11.5 Å². The number of amides is 1. The SMILES string of the molecule is COc1cc(/C=C(\C#N)C(=O)Nc2cccc3ccccc23)cc(I)c1OS(=O)(=O)c1ccc([N+](=O)[O-])cc1. The molecule has 0 saturated carbocycles. The molecule has 0 aliphatic rings. The van der Waals surface area contributed by atoms with Gasteiger partial charge in [-0.3, -0.25) is 14.9 Å². The summed E-state index contributed by atoms with van der Waals surface area (Å²) in [5, 5.41) is 25.0. The summed E-state index contributed by atoms with van der Waals surface area (Å²) < 4.78 is 36.6. The van der Waals surface area contributed by atoms with Gasteiger partial charge in [0.15, 0.2) is 11.5 Å². The molecule has 0 spiro atoms. The number of anilines is 1. The summed E-state index contributed by atoms with van der Waals surface area (Å²) in [6, 6.07) is 22.0. The second-order valence-corrected chi connectivity index (χ2v) is 10.7. The lowest BCUT2D eigenvalue weighted by atomic mass is 10.1. The van der Waals surface area contributed by atoms with E-state index >= 15 is 0 Å². The molecule has 0 aromatic heterocycles.